The van der Waals surface area contributed by atoms with E-state index in [-0.39, 0.29) is 5.91 Å². The summed E-state index contributed by atoms with van der Waals surface area (Å²) < 4.78 is 0. The molecule has 1 aliphatic heterocycles. The van der Waals surface area contributed by atoms with Crippen LogP contribution >= 0.6 is 23.8 Å². The first-order valence-electron chi connectivity index (χ1n) is 11.4. The molecule has 0 saturated heterocycles. The number of nitrogens with zero attached hydrogens (tertiary/aromatic N) is 2. The highest BCUT2D eigenvalue weighted by molar-refractivity contribution is 7.80. The fourth-order valence-electron chi connectivity index (χ4n) is 4.55. The predicted octanol–water partition coefficient (Wildman–Crippen LogP) is 3.71. The van der Waals surface area contributed by atoms with Gasteiger partial charge in [-0.25, -0.2) is 4.99 Å². The number of fused-ring (bicyclic) bond motifs is 1. The molecule has 0 radical (unpaired) electrons. The SMILES string of the molecule is CN1C(=O)C(NC(=S)NCC2CCC(CN)CC2)N=C(c2ccccc2)c2cc(Cl)ccc21. The van der Waals surface area contributed by atoms with Crippen LogP contribution in [-0.2, 0) is 4.79 Å². The molecule has 1 atom stereocenters. The Labute approximate surface area is 205 Å². The summed E-state index contributed by atoms with van der Waals surface area (Å²) in [5.74, 6) is 1.03. The van der Waals surface area contributed by atoms with Crippen molar-refractivity contribution < 1.29 is 4.79 Å². The lowest BCUT2D eigenvalue weighted by atomic mass is 9.82. The van der Waals surface area contributed by atoms with E-state index in [4.69, 9.17) is 34.5 Å². The number of rotatable bonds is 5. The van der Waals surface area contributed by atoms with Crippen LogP contribution in [-0.4, -0.2) is 43.0 Å². The third kappa shape index (κ3) is 5.54. The van der Waals surface area contributed by atoms with Crippen LogP contribution < -0.4 is 21.3 Å². The number of hydrogen-bond donors (Lipinski definition) is 3. The highest BCUT2D eigenvalue weighted by atomic mass is 35.5. The van der Waals surface area contributed by atoms with E-state index < -0.39 is 6.17 Å². The first-order chi connectivity index (χ1) is 16.0. The van der Waals surface area contributed by atoms with Crippen molar-refractivity contribution in [2.24, 2.45) is 22.6 Å². The first kappa shape index (κ1) is 23.7. The molecule has 0 bridgehead atoms. The molecule has 4 rings (SSSR count). The number of amides is 1. The molecule has 0 aromatic heterocycles. The molecule has 1 saturated carbocycles. The summed E-state index contributed by atoms with van der Waals surface area (Å²) >= 11 is 11.9. The van der Waals surface area contributed by atoms with Crippen LogP contribution in [0.4, 0.5) is 5.69 Å². The van der Waals surface area contributed by atoms with Crippen molar-refractivity contribution in [3.05, 3.63) is 64.7 Å². The fourth-order valence-corrected chi connectivity index (χ4v) is 4.92. The maximum atomic E-state index is 13.3. The zero-order valence-corrected chi connectivity index (χ0v) is 20.3. The number of benzene rings is 2. The minimum absolute atomic E-state index is 0.183. The second-order valence-electron chi connectivity index (χ2n) is 8.78. The van der Waals surface area contributed by atoms with Crippen LogP contribution in [0.3, 0.4) is 0 Å². The number of aliphatic imine (C=N–C) groups is 1. The van der Waals surface area contributed by atoms with E-state index in [0.717, 1.165) is 42.7 Å². The monoisotopic (exact) mass is 483 g/mol. The van der Waals surface area contributed by atoms with Gasteiger partial charge >= 0.3 is 0 Å². The number of halogens is 1. The van der Waals surface area contributed by atoms with Gasteiger partial charge in [-0.2, -0.15) is 0 Å². The van der Waals surface area contributed by atoms with Crippen LogP contribution in [0, 0.1) is 11.8 Å². The first-order valence-corrected chi connectivity index (χ1v) is 12.2. The van der Waals surface area contributed by atoms with E-state index >= 15 is 0 Å². The van der Waals surface area contributed by atoms with Gasteiger partial charge in [0.15, 0.2) is 5.11 Å². The van der Waals surface area contributed by atoms with Crippen LogP contribution in [0.1, 0.15) is 36.8 Å². The van der Waals surface area contributed by atoms with E-state index in [2.05, 4.69) is 10.6 Å². The van der Waals surface area contributed by atoms with Crippen molar-refractivity contribution in [3.8, 4) is 0 Å². The smallest absolute Gasteiger partial charge is 0.272 e. The molecule has 1 aliphatic carbocycles. The maximum Gasteiger partial charge on any atom is 0.272 e. The summed E-state index contributed by atoms with van der Waals surface area (Å²) in [5.41, 5.74) is 8.98. The van der Waals surface area contributed by atoms with Crippen molar-refractivity contribution in [2.75, 3.05) is 25.0 Å². The van der Waals surface area contributed by atoms with E-state index in [9.17, 15) is 4.79 Å². The molecule has 33 heavy (non-hydrogen) atoms. The van der Waals surface area contributed by atoms with Gasteiger partial charge in [0, 0.05) is 29.7 Å². The number of nitrogens with two attached hydrogens (primary N) is 1. The zero-order chi connectivity index (χ0) is 23.4. The quantitative estimate of drug-likeness (QED) is 0.565. The van der Waals surface area contributed by atoms with Gasteiger partial charge in [0.05, 0.1) is 11.4 Å². The van der Waals surface area contributed by atoms with Gasteiger partial charge in [0.25, 0.3) is 5.91 Å². The highest BCUT2D eigenvalue weighted by Crippen LogP contribution is 2.30. The Kier molecular flexibility index (Phi) is 7.63. The van der Waals surface area contributed by atoms with Crippen molar-refractivity contribution in [3.63, 3.8) is 0 Å². The molecule has 2 aliphatic rings. The lowest BCUT2D eigenvalue weighted by Gasteiger charge is -2.28. The molecule has 2 aromatic carbocycles. The van der Waals surface area contributed by atoms with E-state index in [1.54, 1.807) is 18.0 Å². The molecular weight excluding hydrogens is 454 g/mol. The third-order valence-corrected chi connectivity index (χ3v) is 7.06. The van der Waals surface area contributed by atoms with Crippen LogP contribution in [0.5, 0.6) is 0 Å². The number of hydrogen-bond acceptors (Lipinski definition) is 4. The van der Waals surface area contributed by atoms with Gasteiger partial charge in [-0.3, -0.25) is 4.79 Å². The van der Waals surface area contributed by atoms with Crippen molar-refractivity contribution in [1.82, 2.24) is 10.6 Å². The maximum absolute atomic E-state index is 13.3. The summed E-state index contributed by atoms with van der Waals surface area (Å²) in [6.07, 6.45) is 3.79. The second kappa shape index (κ2) is 10.6. The number of anilines is 1. The minimum Gasteiger partial charge on any atom is -0.362 e. The lowest BCUT2D eigenvalue weighted by Crippen LogP contribution is -2.50. The van der Waals surface area contributed by atoms with Crippen molar-refractivity contribution in [1.29, 1.82) is 0 Å². The van der Waals surface area contributed by atoms with Gasteiger partial charge in [-0.15, -0.1) is 0 Å². The molecule has 6 nitrogen and oxygen atoms in total. The number of likely N-dealkylation sites (N-methyl/N-ethyl adjacent to an activating group) is 1. The Hall–Kier alpha value is -2.48. The molecule has 2 aromatic rings. The number of nitrogens with one attached hydrogen (secondary N) is 2. The summed E-state index contributed by atoms with van der Waals surface area (Å²) in [4.78, 5) is 19.7. The van der Waals surface area contributed by atoms with Gasteiger partial charge < -0.3 is 21.3 Å². The van der Waals surface area contributed by atoms with Gasteiger partial charge in [0.1, 0.15) is 0 Å². The number of benzodiazepines with no additional fused rings is 1. The standard InChI is InChI=1S/C25H30ClN5OS/c1-31-21-12-11-19(26)13-20(21)22(18-5-3-2-4-6-18)29-23(24(31)32)30-25(33)28-15-17-9-7-16(14-27)8-10-17/h2-6,11-13,16-17,23H,7-10,14-15,27H2,1H3,(H2,28,30,33). The Morgan fingerprint density at radius 1 is 1.15 bits per heavy atom. The molecule has 8 heteroatoms. The van der Waals surface area contributed by atoms with Crippen molar-refractivity contribution in [2.45, 2.75) is 31.8 Å². The normalized spacial score (nSPS) is 22.8. The second-order valence-corrected chi connectivity index (χ2v) is 9.63. The van der Waals surface area contributed by atoms with Gasteiger partial charge in [0.2, 0.25) is 6.17 Å². The highest BCUT2D eigenvalue weighted by Gasteiger charge is 2.31. The molecule has 0 spiro atoms. The predicted molar refractivity (Wildman–Crippen MR) is 139 cm³/mol. The van der Waals surface area contributed by atoms with Crippen LogP contribution in [0.25, 0.3) is 0 Å². The largest absolute Gasteiger partial charge is 0.362 e. The molecule has 4 N–H and O–H groups in total. The Bertz CT molecular complexity index is 1040. The van der Waals surface area contributed by atoms with Crippen LogP contribution in [0.2, 0.25) is 5.02 Å². The molecule has 1 fully saturated rings. The summed E-state index contributed by atoms with van der Waals surface area (Å²) in [7, 11) is 1.75. The summed E-state index contributed by atoms with van der Waals surface area (Å²) in [5, 5.41) is 7.46. The van der Waals surface area contributed by atoms with Gasteiger partial charge in [-0.1, -0.05) is 41.9 Å². The Morgan fingerprint density at radius 2 is 1.85 bits per heavy atom. The molecule has 1 unspecified atom stereocenters. The minimum atomic E-state index is -0.843. The molecule has 174 valence electrons. The zero-order valence-electron chi connectivity index (χ0n) is 18.8. The Morgan fingerprint density at radius 3 is 2.55 bits per heavy atom. The topological polar surface area (TPSA) is 82.8 Å². The number of carbonyl (C=O) groups excluding carboxylic acids is 1. The summed E-state index contributed by atoms with van der Waals surface area (Å²) in [6.45, 7) is 1.55. The molecule has 1 amide bonds. The molecular formula is C25H30ClN5OS. The molecule has 1 heterocycles. The third-order valence-electron chi connectivity index (χ3n) is 6.56. The average Bonchev–Trinajstić information content (AvgIpc) is 2.94. The van der Waals surface area contributed by atoms with E-state index in [1.807, 2.05) is 42.5 Å². The number of carbonyl (C=O) groups is 1. The number of thiocarbonyl (C=S) groups is 1. The lowest BCUT2D eigenvalue weighted by molar-refractivity contribution is -0.119. The van der Waals surface area contributed by atoms with E-state index in [1.165, 1.54) is 12.8 Å². The average molecular weight is 484 g/mol. The Balaban J connectivity index is 1.53. The van der Waals surface area contributed by atoms with Crippen LogP contribution in [0.15, 0.2) is 53.5 Å². The summed E-state index contributed by atoms with van der Waals surface area (Å²) in [6, 6.07) is 15.3. The fraction of sp³-hybridized carbons (Fsp3) is 0.400. The van der Waals surface area contributed by atoms with E-state index in [0.29, 0.717) is 27.7 Å². The van der Waals surface area contributed by atoms with Gasteiger partial charge in [-0.05, 0) is 74.5 Å². The van der Waals surface area contributed by atoms with Crippen molar-refractivity contribution >= 4 is 46.2 Å².